The van der Waals surface area contributed by atoms with E-state index < -0.39 is 19.7 Å². The molecular formula is C40H35CoNO4S6. The summed E-state index contributed by atoms with van der Waals surface area (Å²) >= 11 is 10.3. The second kappa shape index (κ2) is 19.3. The van der Waals surface area contributed by atoms with Gasteiger partial charge in [-0.1, -0.05) is 53.4 Å². The Kier molecular flexibility index (Phi) is 15.5. The molecule has 1 radical (unpaired) electrons. The molecule has 0 amide bonds. The Bertz CT molecular complexity index is 2250. The van der Waals surface area contributed by atoms with Crippen LogP contribution in [-0.4, -0.2) is 42.1 Å². The molecule has 0 spiro atoms. The standard InChI is InChI=1S/C21H21NO2S3.C19H15O2S3.Co/c1-22(2)15-16-14-18(10-13-21(16)25)26-17-8-11-20(12-9-17)27(23,24)19-6-4-3-5-7-19;1-22-15-7-9-16(10-8-15)23-17-11-13-19(14-12-17)24(20,21)18-5-3-2-4-6-18;/h3-14,25H,15H2,1-2H3;3-14H,1H3;/q;-1;+2/p-1. The molecule has 269 valence electrons. The van der Waals surface area contributed by atoms with E-state index in [1.54, 1.807) is 114 Å². The fraction of sp³-hybridized carbons (Fsp3) is 0.100. The van der Waals surface area contributed by atoms with Crippen LogP contribution in [0.2, 0.25) is 0 Å². The van der Waals surface area contributed by atoms with Crippen molar-refractivity contribution >= 4 is 67.6 Å². The van der Waals surface area contributed by atoms with Gasteiger partial charge in [-0.2, -0.15) is 35.2 Å². The Morgan fingerprint density at radius 2 is 0.962 bits per heavy atom. The van der Waals surface area contributed by atoms with Crippen molar-refractivity contribution < 1.29 is 33.6 Å². The third kappa shape index (κ3) is 11.2. The van der Waals surface area contributed by atoms with E-state index in [0.717, 1.165) is 36.6 Å². The summed E-state index contributed by atoms with van der Waals surface area (Å²) in [4.78, 5) is 9.56. The summed E-state index contributed by atoms with van der Waals surface area (Å²) in [5, 5.41) is 0. The van der Waals surface area contributed by atoms with Gasteiger partial charge in [0, 0.05) is 31.0 Å². The molecule has 0 aliphatic heterocycles. The van der Waals surface area contributed by atoms with Gasteiger partial charge in [0.25, 0.3) is 0 Å². The average molecular weight is 845 g/mol. The van der Waals surface area contributed by atoms with Crippen LogP contribution in [-0.2, 0) is 55.6 Å². The number of benzene rings is 6. The van der Waals surface area contributed by atoms with Crippen LogP contribution in [0.15, 0.2) is 195 Å². The zero-order valence-electron chi connectivity index (χ0n) is 28.4. The summed E-state index contributed by atoms with van der Waals surface area (Å²) in [6.07, 6.45) is 2.05. The summed E-state index contributed by atoms with van der Waals surface area (Å²) in [5.74, 6) is 0. The van der Waals surface area contributed by atoms with Gasteiger partial charge in [0.2, 0.25) is 9.84 Å². The molecule has 6 aromatic rings. The Morgan fingerprint density at radius 3 is 1.44 bits per heavy atom. The zero-order chi connectivity index (χ0) is 36.4. The first-order valence-electron chi connectivity index (χ1n) is 15.6. The van der Waals surface area contributed by atoms with Crippen LogP contribution in [0.5, 0.6) is 0 Å². The minimum absolute atomic E-state index is 0. The summed E-state index contributed by atoms with van der Waals surface area (Å²) < 4.78 is 50.4. The fourth-order valence-electron chi connectivity index (χ4n) is 4.80. The first-order chi connectivity index (χ1) is 24.4. The van der Waals surface area contributed by atoms with E-state index in [2.05, 4.69) is 41.3 Å². The molecule has 0 N–H and O–H groups in total. The fourth-order valence-corrected chi connectivity index (χ4v) is 9.64. The molecule has 6 rings (SSSR count). The van der Waals surface area contributed by atoms with E-state index >= 15 is 0 Å². The first-order valence-corrected chi connectivity index (χ1v) is 21.8. The molecule has 12 heteroatoms. The van der Waals surface area contributed by atoms with Crippen molar-refractivity contribution in [2.45, 2.75) is 55.5 Å². The zero-order valence-corrected chi connectivity index (χ0v) is 34.4. The molecular weight excluding hydrogens is 810 g/mol. The molecule has 6 aromatic carbocycles. The van der Waals surface area contributed by atoms with Gasteiger partial charge >= 0.3 is 16.8 Å². The number of sulfone groups is 2. The molecule has 0 saturated carbocycles. The summed E-state index contributed by atoms with van der Waals surface area (Å²) in [6, 6.07) is 46.0. The Labute approximate surface area is 336 Å². The minimum Gasteiger partial charge on any atom is -0.779 e. The maximum atomic E-state index is 12.7. The van der Waals surface area contributed by atoms with Crippen molar-refractivity contribution in [2.75, 3.05) is 20.4 Å². The van der Waals surface area contributed by atoms with Crippen molar-refractivity contribution in [2.24, 2.45) is 0 Å². The van der Waals surface area contributed by atoms with Crippen molar-refractivity contribution in [3.8, 4) is 0 Å². The molecule has 0 aliphatic carbocycles. The maximum absolute atomic E-state index is 12.7. The van der Waals surface area contributed by atoms with E-state index in [0.29, 0.717) is 14.7 Å². The van der Waals surface area contributed by atoms with Gasteiger partial charge < -0.3 is 17.5 Å². The van der Waals surface area contributed by atoms with Crippen molar-refractivity contribution in [1.82, 2.24) is 4.90 Å². The average Bonchev–Trinajstić information content (AvgIpc) is 3.14. The molecule has 52 heavy (non-hydrogen) atoms. The molecule has 5 nitrogen and oxygen atoms in total. The van der Waals surface area contributed by atoms with Crippen LogP contribution in [0.25, 0.3) is 0 Å². The van der Waals surface area contributed by atoms with Crippen LogP contribution in [0.3, 0.4) is 0 Å². The predicted molar refractivity (Wildman–Crippen MR) is 211 cm³/mol. The molecule has 0 aromatic heterocycles. The minimum atomic E-state index is -3.48. The second-order valence-corrected chi connectivity index (χ2v) is 18.9. The second-order valence-electron chi connectivity index (χ2n) is 11.4. The number of thioether (sulfide) groups is 1. The van der Waals surface area contributed by atoms with Gasteiger partial charge in [0.1, 0.15) is 0 Å². The van der Waals surface area contributed by atoms with E-state index in [1.165, 1.54) is 4.90 Å². The van der Waals surface area contributed by atoms with E-state index in [-0.39, 0.29) is 21.7 Å². The quantitative estimate of drug-likeness (QED) is 0.0721. The van der Waals surface area contributed by atoms with Crippen LogP contribution in [0.4, 0.5) is 0 Å². The van der Waals surface area contributed by atoms with Crippen LogP contribution < -0.4 is 0 Å². The largest absolute Gasteiger partial charge is 2.00 e. The monoisotopic (exact) mass is 844 g/mol. The third-order valence-electron chi connectivity index (χ3n) is 7.37. The first kappa shape index (κ1) is 41.7. The molecule has 0 saturated heterocycles. The Morgan fingerprint density at radius 1 is 0.558 bits per heavy atom. The van der Waals surface area contributed by atoms with Gasteiger partial charge in [-0.25, -0.2) is 16.8 Å². The topological polar surface area (TPSA) is 71.5 Å². The summed E-state index contributed by atoms with van der Waals surface area (Å²) in [6.45, 7) is 0.793. The molecule has 0 heterocycles. The smallest absolute Gasteiger partial charge is 0.779 e. The third-order valence-corrected chi connectivity index (χ3v) is 14.1. The van der Waals surface area contributed by atoms with Gasteiger partial charge in [-0.15, -0.1) is 11.8 Å². The Hall–Kier alpha value is -3.04. The molecule has 0 aliphatic rings. The summed E-state index contributed by atoms with van der Waals surface area (Å²) in [5.41, 5.74) is 1.11. The van der Waals surface area contributed by atoms with Crippen molar-refractivity contribution in [1.29, 1.82) is 0 Å². The van der Waals surface area contributed by atoms with Gasteiger partial charge in [0.05, 0.1) is 14.7 Å². The summed E-state index contributed by atoms with van der Waals surface area (Å²) in [7, 11) is -2.92. The number of hydrogen-bond donors (Lipinski definition) is 0. The Balaban J connectivity index is 0.000000230. The van der Waals surface area contributed by atoms with Crippen molar-refractivity contribution in [3.05, 3.63) is 157 Å². The van der Waals surface area contributed by atoms with Gasteiger partial charge in [-0.3, -0.25) is 0 Å². The molecule has 0 fully saturated rings. The maximum Gasteiger partial charge on any atom is 2.00 e. The molecule has 0 bridgehead atoms. The van der Waals surface area contributed by atoms with Gasteiger partial charge in [-0.05, 0) is 122 Å². The van der Waals surface area contributed by atoms with Crippen LogP contribution in [0.1, 0.15) is 5.56 Å². The number of hydrogen-bond acceptors (Lipinski definition) is 9. The number of rotatable bonds is 11. The van der Waals surface area contributed by atoms with Gasteiger partial charge in [0.15, 0.2) is 9.84 Å². The van der Waals surface area contributed by atoms with Crippen LogP contribution >= 0.6 is 35.3 Å². The van der Waals surface area contributed by atoms with E-state index in [4.69, 9.17) is 12.6 Å². The SMILES string of the molecule is CN(C)Cc1cc(Sc2ccc(S(=O)(=O)c3ccccc3)cc2)ccc1[S-].CSc1ccc(Sc2ccc(S(=O)(=O)c3cc[c-]cc3)cc2)cc1.[Co+2]. The normalized spacial score (nSPS) is 11.3. The number of nitrogens with zero attached hydrogens (tertiary/aromatic N) is 1. The molecule has 0 atom stereocenters. The molecule has 0 unspecified atom stereocenters. The van der Waals surface area contributed by atoms with E-state index in [9.17, 15) is 16.8 Å². The van der Waals surface area contributed by atoms with Crippen molar-refractivity contribution in [3.63, 3.8) is 0 Å². The van der Waals surface area contributed by atoms with Crippen LogP contribution in [0, 0.1) is 6.07 Å². The van der Waals surface area contributed by atoms with E-state index in [1.807, 2.05) is 56.7 Å². The predicted octanol–water partition coefficient (Wildman–Crippen LogP) is 9.83.